The van der Waals surface area contributed by atoms with Gasteiger partial charge in [-0.3, -0.25) is 4.99 Å². The Balaban J connectivity index is 4.64. The average Bonchev–Trinajstić information content (AvgIpc) is 2.05. The van der Waals surface area contributed by atoms with Crippen LogP contribution in [0, 0.1) is 0 Å². The third-order valence-electron chi connectivity index (χ3n) is 1.28. The third kappa shape index (κ3) is 2.85. The lowest BCUT2D eigenvalue weighted by atomic mass is 10.2. The Labute approximate surface area is 67.8 Å². The Morgan fingerprint density at radius 2 is 2.09 bits per heavy atom. The number of nitrogens with two attached hydrogens (primary N) is 1. The Morgan fingerprint density at radius 3 is 2.36 bits per heavy atom. The lowest BCUT2D eigenvalue weighted by Crippen LogP contribution is -1.88. The molecule has 0 rings (SSSR count). The van der Waals surface area contributed by atoms with Gasteiger partial charge in [0, 0.05) is 6.20 Å². The van der Waals surface area contributed by atoms with Crippen molar-refractivity contribution in [2.45, 2.75) is 13.8 Å². The van der Waals surface area contributed by atoms with Gasteiger partial charge in [0.1, 0.15) is 0 Å². The van der Waals surface area contributed by atoms with Crippen molar-refractivity contribution < 1.29 is 0 Å². The summed E-state index contributed by atoms with van der Waals surface area (Å²) in [6.45, 7) is 7.29. The van der Waals surface area contributed by atoms with Crippen molar-refractivity contribution in [3.8, 4) is 0 Å². The first-order valence-corrected chi connectivity index (χ1v) is 3.48. The molecule has 0 radical (unpaired) electrons. The van der Waals surface area contributed by atoms with Gasteiger partial charge in [-0.1, -0.05) is 18.2 Å². The molecular weight excluding hydrogens is 136 g/mol. The molecule has 0 spiro atoms. The zero-order chi connectivity index (χ0) is 8.69. The van der Waals surface area contributed by atoms with E-state index in [4.69, 9.17) is 5.73 Å². The van der Waals surface area contributed by atoms with Gasteiger partial charge in [-0.15, -0.1) is 0 Å². The van der Waals surface area contributed by atoms with Crippen molar-refractivity contribution >= 4 is 6.72 Å². The summed E-state index contributed by atoms with van der Waals surface area (Å²) in [4.78, 5) is 3.76. The molecule has 0 bridgehead atoms. The molecule has 2 heteroatoms. The van der Waals surface area contributed by atoms with Crippen LogP contribution in [0.5, 0.6) is 0 Å². The van der Waals surface area contributed by atoms with Crippen LogP contribution in [0.2, 0.25) is 0 Å². The molecular formula is C9H14N2. The fourth-order valence-corrected chi connectivity index (χ4v) is 0.749. The fraction of sp³-hybridized carbons (Fsp3) is 0.222. The Bertz CT molecular complexity index is 210. The van der Waals surface area contributed by atoms with E-state index in [-0.39, 0.29) is 0 Å². The highest BCUT2D eigenvalue weighted by molar-refractivity contribution is 5.43. The number of hydrogen-bond donors (Lipinski definition) is 1. The molecule has 0 aliphatic carbocycles. The summed E-state index contributed by atoms with van der Waals surface area (Å²) >= 11 is 0. The number of aliphatic imine (C=N–C) groups is 1. The number of nitrogens with zero attached hydrogens (tertiary/aromatic N) is 1. The first kappa shape index (κ1) is 9.69. The molecule has 0 amide bonds. The number of hydrogen-bond acceptors (Lipinski definition) is 2. The van der Waals surface area contributed by atoms with E-state index in [9.17, 15) is 0 Å². The Hall–Kier alpha value is -1.31. The van der Waals surface area contributed by atoms with E-state index in [1.807, 2.05) is 32.1 Å². The zero-order valence-electron chi connectivity index (χ0n) is 7.04. The quantitative estimate of drug-likeness (QED) is 0.485. The smallest absolute Gasteiger partial charge is 0.0845 e. The number of rotatable bonds is 3. The van der Waals surface area contributed by atoms with E-state index in [1.54, 1.807) is 0 Å². The van der Waals surface area contributed by atoms with Crippen LogP contribution < -0.4 is 5.73 Å². The second-order valence-corrected chi connectivity index (χ2v) is 1.95. The van der Waals surface area contributed by atoms with E-state index in [0.717, 1.165) is 5.57 Å². The van der Waals surface area contributed by atoms with Gasteiger partial charge in [0.2, 0.25) is 0 Å². The summed E-state index contributed by atoms with van der Waals surface area (Å²) in [6.07, 6.45) is 7.26. The van der Waals surface area contributed by atoms with E-state index < -0.39 is 0 Å². The SMILES string of the molecule is C=NC(=C/N)/C(/C=C\C)=C\C. The fourth-order valence-electron chi connectivity index (χ4n) is 0.749. The van der Waals surface area contributed by atoms with Gasteiger partial charge in [-0.2, -0.15) is 0 Å². The molecule has 2 N–H and O–H groups in total. The molecule has 0 saturated carbocycles. The van der Waals surface area contributed by atoms with Crippen LogP contribution in [0.1, 0.15) is 13.8 Å². The predicted molar refractivity (Wildman–Crippen MR) is 50.4 cm³/mol. The van der Waals surface area contributed by atoms with Crippen LogP contribution in [-0.2, 0) is 0 Å². The van der Waals surface area contributed by atoms with Crippen molar-refractivity contribution in [3.05, 3.63) is 35.7 Å². The van der Waals surface area contributed by atoms with Crippen LogP contribution in [0.25, 0.3) is 0 Å². The minimum Gasteiger partial charge on any atom is -0.403 e. The monoisotopic (exact) mass is 150 g/mol. The van der Waals surface area contributed by atoms with Crippen molar-refractivity contribution in [2.24, 2.45) is 10.7 Å². The van der Waals surface area contributed by atoms with Crippen molar-refractivity contribution in [2.75, 3.05) is 0 Å². The minimum atomic E-state index is 0.714. The second kappa shape index (κ2) is 5.47. The van der Waals surface area contributed by atoms with Gasteiger partial charge in [0.25, 0.3) is 0 Å². The molecule has 0 aliphatic heterocycles. The summed E-state index contributed by atoms with van der Waals surface area (Å²) in [6, 6.07) is 0. The van der Waals surface area contributed by atoms with Crippen LogP contribution in [0.4, 0.5) is 0 Å². The van der Waals surface area contributed by atoms with Crippen molar-refractivity contribution in [3.63, 3.8) is 0 Å². The van der Waals surface area contributed by atoms with Gasteiger partial charge in [0.15, 0.2) is 0 Å². The van der Waals surface area contributed by atoms with Gasteiger partial charge in [0.05, 0.1) is 5.70 Å². The molecule has 0 aromatic heterocycles. The molecule has 0 heterocycles. The number of allylic oxidation sites excluding steroid dienone is 3. The highest BCUT2D eigenvalue weighted by Crippen LogP contribution is 2.10. The van der Waals surface area contributed by atoms with Crippen LogP contribution in [-0.4, -0.2) is 6.72 Å². The molecule has 0 atom stereocenters. The molecule has 0 fully saturated rings. The minimum absolute atomic E-state index is 0.714. The van der Waals surface area contributed by atoms with Gasteiger partial charge < -0.3 is 5.73 Å². The highest BCUT2D eigenvalue weighted by Gasteiger charge is 1.94. The molecule has 0 unspecified atom stereocenters. The second-order valence-electron chi connectivity index (χ2n) is 1.95. The summed E-state index contributed by atoms with van der Waals surface area (Å²) in [5.74, 6) is 0. The maximum Gasteiger partial charge on any atom is 0.0845 e. The maximum absolute atomic E-state index is 5.32. The third-order valence-corrected chi connectivity index (χ3v) is 1.28. The normalized spacial score (nSPS) is 14.0. The van der Waals surface area contributed by atoms with Gasteiger partial charge >= 0.3 is 0 Å². The molecule has 2 nitrogen and oxygen atoms in total. The zero-order valence-corrected chi connectivity index (χ0v) is 7.04. The molecule has 0 saturated heterocycles. The summed E-state index contributed by atoms with van der Waals surface area (Å²) < 4.78 is 0. The Morgan fingerprint density at radius 1 is 1.45 bits per heavy atom. The summed E-state index contributed by atoms with van der Waals surface area (Å²) in [5, 5.41) is 0. The van der Waals surface area contributed by atoms with Gasteiger partial charge in [-0.05, 0) is 26.1 Å². The standard InChI is InChI=1S/C9H14N2/c1-4-6-8(5-2)9(7-10)11-3/h4-7H,3,10H2,1-2H3/b6-4-,8-5-,9-7+. The Kier molecular flexibility index (Phi) is 4.82. The first-order valence-electron chi connectivity index (χ1n) is 3.48. The van der Waals surface area contributed by atoms with E-state index >= 15 is 0 Å². The van der Waals surface area contributed by atoms with E-state index in [2.05, 4.69) is 11.7 Å². The summed E-state index contributed by atoms with van der Waals surface area (Å²) in [7, 11) is 0. The molecule has 0 aromatic carbocycles. The first-order chi connectivity index (χ1) is 5.29. The highest BCUT2D eigenvalue weighted by atomic mass is 14.7. The van der Waals surface area contributed by atoms with Crippen molar-refractivity contribution in [1.29, 1.82) is 0 Å². The topological polar surface area (TPSA) is 38.4 Å². The predicted octanol–water partition coefficient (Wildman–Crippen LogP) is 2.01. The van der Waals surface area contributed by atoms with E-state index in [1.165, 1.54) is 6.20 Å². The van der Waals surface area contributed by atoms with Crippen molar-refractivity contribution in [1.82, 2.24) is 0 Å². The largest absolute Gasteiger partial charge is 0.403 e. The van der Waals surface area contributed by atoms with Crippen LogP contribution in [0.3, 0.4) is 0 Å². The molecule has 0 aromatic rings. The lowest BCUT2D eigenvalue weighted by Gasteiger charge is -1.98. The lowest BCUT2D eigenvalue weighted by molar-refractivity contribution is 1.31. The molecule has 0 aliphatic rings. The van der Waals surface area contributed by atoms with Crippen LogP contribution in [0.15, 0.2) is 40.7 Å². The average molecular weight is 150 g/mol. The maximum atomic E-state index is 5.32. The van der Waals surface area contributed by atoms with Crippen LogP contribution >= 0.6 is 0 Å². The van der Waals surface area contributed by atoms with Gasteiger partial charge in [-0.25, -0.2) is 0 Å². The molecule has 11 heavy (non-hydrogen) atoms. The molecule has 60 valence electrons. The van der Waals surface area contributed by atoms with E-state index in [0.29, 0.717) is 5.70 Å². The summed E-state index contributed by atoms with van der Waals surface area (Å²) in [5.41, 5.74) is 7.02.